The van der Waals surface area contributed by atoms with E-state index in [1.54, 1.807) is 0 Å². The molecule has 0 spiro atoms. The Kier molecular flexibility index (Phi) is 25.4. The summed E-state index contributed by atoms with van der Waals surface area (Å²) in [4.78, 5) is 12.3. The maximum Gasteiger partial charge on any atom is 0.249 e. The molecule has 4 unspecified atom stereocenters. The van der Waals surface area contributed by atoms with Crippen molar-refractivity contribution in [1.29, 1.82) is 0 Å². The van der Waals surface area contributed by atoms with Crippen molar-refractivity contribution in [2.75, 3.05) is 6.61 Å². The van der Waals surface area contributed by atoms with Gasteiger partial charge >= 0.3 is 0 Å². The number of amides is 1. The Morgan fingerprint density at radius 2 is 0.944 bits per heavy atom. The van der Waals surface area contributed by atoms with Crippen molar-refractivity contribution in [2.45, 2.75) is 179 Å². The minimum Gasteiger partial charge on any atom is -0.394 e. The molecule has 36 heavy (non-hydrogen) atoms. The first-order valence-corrected chi connectivity index (χ1v) is 15.4. The summed E-state index contributed by atoms with van der Waals surface area (Å²) in [5, 5.41) is 43.0. The zero-order chi connectivity index (χ0) is 26.9. The number of nitrogens with one attached hydrogen (secondary N) is 1. The third-order valence-electron chi connectivity index (χ3n) is 7.32. The first kappa shape index (κ1) is 35.3. The highest BCUT2D eigenvalue weighted by Crippen LogP contribution is 2.15. The van der Waals surface area contributed by atoms with E-state index in [-0.39, 0.29) is 0 Å². The highest BCUT2D eigenvalue weighted by molar-refractivity contribution is 5.80. The van der Waals surface area contributed by atoms with Crippen LogP contribution in [0.3, 0.4) is 0 Å². The predicted molar refractivity (Wildman–Crippen MR) is 150 cm³/mol. The average Bonchev–Trinajstić information content (AvgIpc) is 2.88. The van der Waals surface area contributed by atoms with Crippen LogP contribution in [0.15, 0.2) is 0 Å². The van der Waals surface area contributed by atoms with Crippen molar-refractivity contribution < 1.29 is 25.2 Å². The van der Waals surface area contributed by atoms with E-state index < -0.39 is 36.9 Å². The van der Waals surface area contributed by atoms with Gasteiger partial charge in [-0.25, -0.2) is 0 Å². The van der Waals surface area contributed by atoms with Crippen LogP contribution in [0.2, 0.25) is 0 Å². The van der Waals surface area contributed by atoms with Crippen LogP contribution in [0, 0.1) is 0 Å². The van der Waals surface area contributed by atoms with Gasteiger partial charge in [0.05, 0.1) is 18.8 Å². The van der Waals surface area contributed by atoms with E-state index in [9.17, 15) is 25.2 Å². The smallest absolute Gasteiger partial charge is 0.249 e. The van der Waals surface area contributed by atoms with Crippen LogP contribution in [0.5, 0.6) is 0 Å². The molecule has 5 N–H and O–H groups in total. The molecule has 0 radical (unpaired) electrons. The third kappa shape index (κ3) is 20.4. The van der Waals surface area contributed by atoms with Crippen molar-refractivity contribution in [3.05, 3.63) is 0 Å². The van der Waals surface area contributed by atoms with Gasteiger partial charge in [-0.3, -0.25) is 4.79 Å². The first-order chi connectivity index (χ1) is 17.5. The molecule has 216 valence electrons. The second-order valence-corrected chi connectivity index (χ2v) is 10.8. The molecular formula is C30H61NO5. The van der Waals surface area contributed by atoms with Gasteiger partial charge in [-0.1, -0.05) is 142 Å². The quantitative estimate of drug-likeness (QED) is 0.0841. The highest BCUT2D eigenvalue weighted by atomic mass is 16.3. The van der Waals surface area contributed by atoms with Gasteiger partial charge in [0.25, 0.3) is 0 Å². The molecule has 0 bridgehead atoms. The number of aliphatic hydroxyl groups excluding tert-OH is 4. The number of carbonyl (C=O) groups excluding carboxylic acids is 1. The van der Waals surface area contributed by atoms with Crippen LogP contribution in [-0.2, 0) is 4.79 Å². The fraction of sp³-hybridized carbons (Fsp3) is 0.967. The van der Waals surface area contributed by atoms with E-state index in [1.807, 2.05) is 0 Å². The molecular weight excluding hydrogens is 454 g/mol. The molecule has 6 nitrogen and oxygen atoms in total. The summed E-state index contributed by atoms with van der Waals surface area (Å²) in [6, 6.07) is -0.974. The normalized spacial score (nSPS) is 14.9. The maximum atomic E-state index is 12.3. The summed E-state index contributed by atoms with van der Waals surface area (Å²) in [7, 11) is 0. The summed E-state index contributed by atoms with van der Waals surface area (Å²) in [5.41, 5.74) is 0. The number of hydrogen-bond donors (Lipinski definition) is 5. The molecule has 0 saturated heterocycles. The zero-order valence-electron chi connectivity index (χ0n) is 23.8. The Morgan fingerprint density at radius 3 is 1.33 bits per heavy atom. The Morgan fingerprint density at radius 1 is 0.583 bits per heavy atom. The van der Waals surface area contributed by atoms with Crippen molar-refractivity contribution in [2.24, 2.45) is 0 Å². The lowest BCUT2D eigenvalue weighted by Gasteiger charge is -2.27. The minimum atomic E-state index is -1.25. The lowest BCUT2D eigenvalue weighted by atomic mass is 9.99. The van der Waals surface area contributed by atoms with Gasteiger partial charge in [0.15, 0.2) is 0 Å². The van der Waals surface area contributed by atoms with E-state index in [2.05, 4.69) is 19.2 Å². The van der Waals surface area contributed by atoms with Crippen molar-refractivity contribution in [3.63, 3.8) is 0 Å². The van der Waals surface area contributed by atoms with Gasteiger partial charge in [-0.05, 0) is 12.8 Å². The summed E-state index contributed by atoms with van der Waals surface area (Å²) >= 11 is 0. The fourth-order valence-electron chi connectivity index (χ4n) is 4.75. The van der Waals surface area contributed by atoms with Gasteiger partial charge in [0.2, 0.25) is 5.91 Å². The summed E-state index contributed by atoms with van der Waals surface area (Å²) in [6.07, 6.45) is 21.3. The second-order valence-electron chi connectivity index (χ2n) is 10.8. The SMILES string of the molecule is CCCCCCCCCCCCCCC(O)C(O)C(CO)NC(=O)C(O)CCCCCCCCCC. The van der Waals surface area contributed by atoms with E-state index in [1.165, 1.54) is 89.9 Å². The topological polar surface area (TPSA) is 110 Å². The molecule has 0 rings (SSSR count). The molecule has 0 aliphatic carbocycles. The summed E-state index contributed by atoms with van der Waals surface area (Å²) in [6.45, 7) is 3.97. The van der Waals surface area contributed by atoms with Crippen LogP contribution in [0.25, 0.3) is 0 Å². The Bertz CT molecular complexity index is 476. The Labute approximate surface area is 222 Å². The molecule has 0 heterocycles. The predicted octanol–water partition coefficient (Wildman–Crippen LogP) is 6.17. The van der Waals surface area contributed by atoms with Gasteiger partial charge < -0.3 is 25.7 Å². The lowest BCUT2D eigenvalue weighted by Crippen LogP contribution is -2.53. The minimum absolute atomic E-state index is 0.371. The molecule has 0 saturated carbocycles. The number of hydrogen-bond acceptors (Lipinski definition) is 5. The van der Waals surface area contributed by atoms with E-state index in [4.69, 9.17) is 0 Å². The summed E-state index contributed by atoms with van der Waals surface area (Å²) < 4.78 is 0. The van der Waals surface area contributed by atoms with Crippen molar-refractivity contribution >= 4 is 5.91 Å². The zero-order valence-corrected chi connectivity index (χ0v) is 23.8. The molecule has 0 fully saturated rings. The second kappa shape index (κ2) is 25.9. The molecule has 4 atom stereocenters. The third-order valence-corrected chi connectivity index (χ3v) is 7.32. The fourth-order valence-corrected chi connectivity index (χ4v) is 4.75. The van der Waals surface area contributed by atoms with Crippen molar-refractivity contribution in [1.82, 2.24) is 5.32 Å². The highest BCUT2D eigenvalue weighted by Gasteiger charge is 2.28. The van der Waals surface area contributed by atoms with E-state index in [0.29, 0.717) is 12.8 Å². The standard InChI is InChI=1S/C30H61NO5/c1-3-5-7-9-11-13-14-15-16-18-19-21-23-27(33)29(35)26(25-32)31-30(36)28(34)24-22-20-17-12-10-8-6-4-2/h26-29,32-35H,3-25H2,1-2H3,(H,31,36). The monoisotopic (exact) mass is 515 g/mol. The van der Waals surface area contributed by atoms with Gasteiger partial charge in [-0.15, -0.1) is 0 Å². The van der Waals surface area contributed by atoms with Crippen LogP contribution in [0.4, 0.5) is 0 Å². The lowest BCUT2D eigenvalue weighted by molar-refractivity contribution is -0.132. The molecule has 6 heteroatoms. The number of aliphatic hydroxyl groups is 4. The van der Waals surface area contributed by atoms with E-state index in [0.717, 1.165) is 38.5 Å². The molecule has 0 aliphatic rings. The number of unbranched alkanes of at least 4 members (excludes halogenated alkanes) is 18. The van der Waals surface area contributed by atoms with Crippen LogP contribution < -0.4 is 5.32 Å². The average molecular weight is 516 g/mol. The Balaban J connectivity index is 3.89. The number of rotatable bonds is 27. The van der Waals surface area contributed by atoms with Gasteiger partial charge in [-0.2, -0.15) is 0 Å². The molecule has 1 amide bonds. The molecule has 0 aliphatic heterocycles. The molecule has 0 aromatic heterocycles. The molecule has 0 aromatic rings. The number of carbonyl (C=O) groups is 1. The van der Waals surface area contributed by atoms with E-state index >= 15 is 0 Å². The maximum absolute atomic E-state index is 12.3. The summed E-state index contributed by atoms with van der Waals surface area (Å²) in [5.74, 6) is -0.589. The van der Waals surface area contributed by atoms with Crippen molar-refractivity contribution in [3.8, 4) is 0 Å². The molecule has 0 aromatic carbocycles. The van der Waals surface area contributed by atoms with Crippen LogP contribution in [0.1, 0.15) is 155 Å². The first-order valence-electron chi connectivity index (χ1n) is 15.4. The van der Waals surface area contributed by atoms with Gasteiger partial charge in [0.1, 0.15) is 12.2 Å². The van der Waals surface area contributed by atoms with Crippen LogP contribution in [-0.4, -0.2) is 57.3 Å². The van der Waals surface area contributed by atoms with Crippen LogP contribution >= 0.6 is 0 Å². The Hall–Kier alpha value is -0.690. The van der Waals surface area contributed by atoms with Gasteiger partial charge in [0, 0.05) is 0 Å². The largest absolute Gasteiger partial charge is 0.394 e.